The average molecular weight is 409 g/mol. The van der Waals surface area contributed by atoms with E-state index >= 15 is 0 Å². The molecule has 0 fully saturated rings. The maximum absolute atomic E-state index is 13.5. The molecule has 7 heteroatoms. The highest BCUT2D eigenvalue weighted by Gasteiger charge is 2.23. The number of amides is 1. The van der Waals surface area contributed by atoms with Crippen molar-refractivity contribution in [2.45, 2.75) is 6.92 Å². The second-order valence-corrected chi connectivity index (χ2v) is 7.40. The standard InChI is InChI=1S/C24H19N5O2/c1-15-9-11-17(12-10-15)29-24(31)22-20(18-7-3-4-8-19(18)28(22)2)21(27-29)23(30)26-16-6-5-13-25-14-16/h3-14H,1-2H3,(H,26,30). The zero-order valence-electron chi connectivity index (χ0n) is 17.0. The van der Waals surface area contributed by atoms with E-state index in [1.807, 2.05) is 67.1 Å². The molecule has 7 nitrogen and oxygen atoms in total. The molecule has 0 bridgehead atoms. The fourth-order valence-corrected chi connectivity index (χ4v) is 3.83. The van der Waals surface area contributed by atoms with Crippen LogP contribution in [0.25, 0.3) is 27.5 Å². The van der Waals surface area contributed by atoms with Crippen LogP contribution in [-0.4, -0.2) is 25.2 Å². The van der Waals surface area contributed by atoms with Gasteiger partial charge in [0.25, 0.3) is 11.5 Å². The molecule has 3 aromatic heterocycles. The van der Waals surface area contributed by atoms with E-state index in [0.717, 1.165) is 16.5 Å². The topological polar surface area (TPSA) is 81.8 Å². The molecule has 5 rings (SSSR count). The van der Waals surface area contributed by atoms with Crippen LogP contribution in [0.4, 0.5) is 5.69 Å². The summed E-state index contributed by atoms with van der Waals surface area (Å²) in [6, 6.07) is 18.6. The van der Waals surface area contributed by atoms with Gasteiger partial charge in [-0.15, -0.1) is 0 Å². The van der Waals surface area contributed by atoms with Gasteiger partial charge in [-0.25, -0.2) is 0 Å². The molecule has 0 unspecified atom stereocenters. The highest BCUT2D eigenvalue weighted by Crippen LogP contribution is 2.28. The van der Waals surface area contributed by atoms with Gasteiger partial charge in [0.05, 0.1) is 17.6 Å². The van der Waals surface area contributed by atoms with E-state index in [1.54, 1.807) is 24.5 Å². The number of rotatable bonds is 3. The fraction of sp³-hybridized carbons (Fsp3) is 0.0833. The van der Waals surface area contributed by atoms with E-state index in [1.165, 1.54) is 4.68 Å². The Hall–Kier alpha value is -4.26. The normalized spacial score (nSPS) is 11.2. The lowest BCUT2D eigenvalue weighted by atomic mass is 10.1. The SMILES string of the molecule is Cc1ccc(-n2nc(C(=O)Nc3cccnc3)c3c4ccccc4n(C)c3c2=O)cc1. The monoisotopic (exact) mass is 409 g/mol. The van der Waals surface area contributed by atoms with Gasteiger partial charge < -0.3 is 9.88 Å². The lowest BCUT2D eigenvalue weighted by Gasteiger charge is -2.11. The Kier molecular flexibility index (Phi) is 4.36. The maximum atomic E-state index is 13.5. The molecule has 0 saturated carbocycles. The molecule has 0 spiro atoms. The largest absolute Gasteiger partial charge is 0.339 e. The number of hydrogen-bond donors (Lipinski definition) is 1. The Labute approximate surface area is 177 Å². The summed E-state index contributed by atoms with van der Waals surface area (Å²) in [4.78, 5) is 30.8. The van der Waals surface area contributed by atoms with Crippen molar-refractivity contribution in [1.29, 1.82) is 0 Å². The third-order valence-corrected chi connectivity index (χ3v) is 5.35. The first-order chi connectivity index (χ1) is 15.0. The van der Waals surface area contributed by atoms with E-state index in [2.05, 4.69) is 15.4 Å². The number of benzene rings is 2. The minimum atomic E-state index is -0.407. The van der Waals surface area contributed by atoms with E-state index in [0.29, 0.717) is 22.3 Å². The number of nitrogens with one attached hydrogen (secondary N) is 1. The number of fused-ring (bicyclic) bond motifs is 3. The summed E-state index contributed by atoms with van der Waals surface area (Å²) in [6.07, 6.45) is 3.20. The maximum Gasteiger partial charge on any atom is 0.296 e. The van der Waals surface area contributed by atoms with Gasteiger partial charge in [0.15, 0.2) is 5.69 Å². The molecular formula is C24H19N5O2. The van der Waals surface area contributed by atoms with Crippen molar-refractivity contribution in [3.8, 4) is 5.69 Å². The van der Waals surface area contributed by atoms with Gasteiger partial charge in [0.1, 0.15) is 5.52 Å². The molecule has 1 amide bonds. The summed E-state index contributed by atoms with van der Waals surface area (Å²) < 4.78 is 3.11. The summed E-state index contributed by atoms with van der Waals surface area (Å²) in [7, 11) is 1.83. The summed E-state index contributed by atoms with van der Waals surface area (Å²) >= 11 is 0. The summed E-state index contributed by atoms with van der Waals surface area (Å²) in [5, 5.41) is 8.70. The van der Waals surface area contributed by atoms with Crippen LogP contribution in [0, 0.1) is 6.92 Å². The molecule has 2 aromatic carbocycles. The van der Waals surface area contributed by atoms with Crippen LogP contribution >= 0.6 is 0 Å². The molecule has 0 aliphatic rings. The predicted molar refractivity (Wildman–Crippen MR) is 121 cm³/mol. The van der Waals surface area contributed by atoms with Gasteiger partial charge in [-0.1, -0.05) is 35.9 Å². The van der Waals surface area contributed by atoms with E-state index in [-0.39, 0.29) is 11.3 Å². The zero-order chi connectivity index (χ0) is 21.5. The third-order valence-electron chi connectivity index (χ3n) is 5.35. The average Bonchev–Trinajstić information content (AvgIpc) is 3.09. The molecule has 0 aliphatic heterocycles. The molecule has 0 radical (unpaired) electrons. The number of aromatic nitrogens is 4. The molecule has 0 aliphatic carbocycles. The van der Waals surface area contributed by atoms with Crippen LogP contribution < -0.4 is 10.9 Å². The van der Waals surface area contributed by atoms with Gasteiger partial charge in [0, 0.05) is 29.5 Å². The summed E-state index contributed by atoms with van der Waals surface area (Å²) in [5.41, 5.74) is 3.39. The van der Waals surface area contributed by atoms with Crippen LogP contribution in [0.5, 0.6) is 0 Å². The van der Waals surface area contributed by atoms with Gasteiger partial charge in [-0.3, -0.25) is 14.6 Å². The van der Waals surface area contributed by atoms with Crippen LogP contribution in [0.15, 0.2) is 77.9 Å². The highest BCUT2D eigenvalue weighted by molar-refractivity contribution is 6.19. The molecule has 152 valence electrons. The minimum absolute atomic E-state index is 0.177. The van der Waals surface area contributed by atoms with Gasteiger partial charge >= 0.3 is 0 Å². The van der Waals surface area contributed by atoms with E-state index < -0.39 is 5.91 Å². The number of anilines is 1. The van der Waals surface area contributed by atoms with Crippen molar-refractivity contribution >= 4 is 33.4 Å². The Morgan fingerprint density at radius 1 is 1.00 bits per heavy atom. The van der Waals surface area contributed by atoms with Crippen LogP contribution in [0.1, 0.15) is 16.1 Å². The van der Waals surface area contributed by atoms with Gasteiger partial charge in [-0.2, -0.15) is 9.78 Å². The second-order valence-electron chi connectivity index (χ2n) is 7.40. The fourth-order valence-electron chi connectivity index (χ4n) is 3.83. The quantitative estimate of drug-likeness (QED) is 0.491. The summed E-state index contributed by atoms with van der Waals surface area (Å²) in [5.74, 6) is -0.407. The molecule has 0 saturated heterocycles. The van der Waals surface area contributed by atoms with Crippen molar-refractivity contribution in [2.75, 3.05) is 5.32 Å². The zero-order valence-corrected chi connectivity index (χ0v) is 17.0. The van der Waals surface area contributed by atoms with Crippen molar-refractivity contribution in [3.05, 3.63) is 94.7 Å². The second kappa shape index (κ2) is 7.21. The number of para-hydroxylation sites is 1. The lowest BCUT2D eigenvalue weighted by molar-refractivity contribution is 0.102. The van der Waals surface area contributed by atoms with Gasteiger partial charge in [-0.05, 0) is 37.3 Å². The minimum Gasteiger partial charge on any atom is -0.339 e. The van der Waals surface area contributed by atoms with E-state index in [4.69, 9.17) is 0 Å². The molecule has 0 atom stereocenters. The first kappa shape index (κ1) is 18.7. The Morgan fingerprint density at radius 3 is 2.52 bits per heavy atom. The smallest absolute Gasteiger partial charge is 0.296 e. The van der Waals surface area contributed by atoms with Crippen molar-refractivity contribution in [1.82, 2.24) is 19.3 Å². The van der Waals surface area contributed by atoms with Crippen molar-refractivity contribution < 1.29 is 4.79 Å². The van der Waals surface area contributed by atoms with E-state index in [9.17, 15) is 9.59 Å². The van der Waals surface area contributed by atoms with Gasteiger partial charge in [0.2, 0.25) is 0 Å². The molecule has 1 N–H and O–H groups in total. The first-order valence-corrected chi connectivity index (χ1v) is 9.83. The van der Waals surface area contributed by atoms with Crippen LogP contribution in [-0.2, 0) is 7.05 Å². The molecular weight excluding hydrogens is 390 g/mol. The van der Waals surface area contributed by atoms with Crippen LogP contribution in [0.2, 0.25) is 0 Å². The Bertz CT molecular complexity index is 1500. The number of carbonyl (C=O) groups excluding carboxylic acids is 1. The van der Waals surface area contributed by atoms with Crippen LogP contribution in [0.3, 0.4) is 0 Å². The number of carbonyl (C=O) groups is 1. The number of nitrogens with zero attached hydrogens (tertiary/aromatic N) is 4. The first-order valence-electron chi connectivity index (χ1n) is 9.83. The predicted octanol–water partition coefficient (Wildman–Crippen LogP) is 3.83. The Balaban J connectivity index is 1.82. The lowest BCUT2D eigenvalue weighted by Crippen LogP contribution is -2.27. The van der Waals surface area contributed by atoms with Crippen molar-refractivity contribution in [3.63, 3.8) is 0 Å². The molecule has 5 aromatic rings. The summed E-state index contributed by atoms with van der Waals surface area (Å²) in [6.45, 7) is 1.97. The van der Waals surface area contributed by atoms with Crippen molar-refractivity contribution in [2.24, 2.45) is 7.05 Å². The third kappa shape index (κ3) is 3.07. The molecule has 31 heavy (non-hydrogen) atoms. The Morgan fingerprint density at radius 2 is 1.77 bits per heavy atom. The number of pyridine rings is 1. The number of hydrogen-bond acceptors (Lipinski definition) is 4. The number of aryl methyl sites for hydroxylation is 2. The molecule has 3 heterocycles. The highest BCUT2D eigenvalue weighted by atomic mass is 16.2.